The SMILES string of the molecule is C=CCNc1nccn1-c1ccccc1Cl. The van der Waals surface area contributed by atoms with Gasteiger partial charge in [0.05, 0.1) is 10.7 Å². The highest BCUT2D eigenvalue weighted by atomic mass is 35.5. The quantitative estimate of drug-likeness (QED) is 0.823. The number of anilines is 1. The van der Waals surface area contributed by atoms with Gasteiger partial charge in [0.1, 0.15) is 0 Å². The molecule has 2 aromatic rings. The van der Waals surface area contributed by atoms with Gasteiger partial charge in [-0.25, -0.2) is 4.98 Å². The molecule has 0 bridgehead atoms. The van der Waals surface area contributed by atoms with Crippen LogP contribution in [-0.4, -0.2) is 16.1 Å². The van der Waals surface area contributed by atoms with Gasteiger partial charge in [-0.1, -0.05) is 29.8 Å². The lowest BCUT2D eigenvalue weighted by Gasteiger charge is -2.09. The van der Waals surface area contributed by atoms with Crippen LogP contribution in [0.15, 0.2) is 49.3 Å². The van der Waals surface area contributed by atoms with E-state index in [4.69, 9.17) is 11.6 Å². The Labute approximate surface area is 99.4 Å². The van der Waals surface area contributed by atoms with E-state index < -0.39 is 0 Å². The summed E-state index contributed by atoms with van der Waals surface area (Å²) >= 11 is 6.13. The smallest absolute Gasteiger partial charge is 0.207 e. The largest absolute Gasteiger partial charge is 0.352 e. The molecule has 0 spiro atoms. The molecule has 1 heterocycles. The highest BCUT2D eigenvalue weighted by Gasteiger charge is 2.06. The van der Waals surface area contributed by atoms with Crippen LogP contribution in [-0.2, 0) is 0 Å². The average Bonchev–Trinajstić information content (AvgIpc) is 2.75. The summed E-state index contributed by atoms with van der Waals surface area (Å²) in [5.74, 6) is 0.757. The van der Waals surface area contributed by atoms with Crippen LogP contribution in [0.5, 0.6) is 0 Å². The van der Waals surface area contributed by atoms with Crippen molar-refractivity contribution in [2.45, 2.75) is 0 Å². The van der Waals surface area contributed by atoms with Crippen molar-refractivity contribution in [3.8, 4) is 5.69 Å². The molecule has 0 saturated carbocycles. The van der Waals surface area contributed by atoms with Crippen LogP contribution in [0.4, 0.5) is 5.95 Å². The van der Waals surface area contributed by atoms with Gasteiger partial charge in [-0.05, 0) is 12.1 Å². The Balaban J connectivity index is 2.37. The summed E-state index contributed by atoms with van der Waals surface area (Å²) < 4.78 is 1.91. The minimum Gasteiger partial charge on any atom is -0.352 e. The zero-order chi connectivity index (χ0) is 11.4. The molecule has 0 amide bonds. The van der Waals surface area contributed by atoms with Gasteiger partial charge in [0, 0.05) is 18.9 Å². The van der Waals surface area contributed by atoms with Crippen molar-refractivity contribution < 1.29 is 0 Å². The number of hydrogen-bond donors (Lipinski definition) is 1. The lowest BCUT2D eigenvalue weighted by Crippen LogP contribution is -2.05. The fourth-order valence-electron chi connectivity index (χ4n) is 1.44. The second-order valence-corrected chi connectivity index (χ2v) is 3.65. The third-order valence-corrected chi connectivity index (χ3v) is 2.48. The normalized spacial score (nSPS) is 10.1. The van der Waals surface area contributed by atoms with Crippen LogP contribution in [0.1, 0.15) is 0 Å². The highest BCUT2D eigenvalue weighted by Crippen LogP contribution is 2.22. The Morgan fingerprint density at radius 1 is 1.44 bits per heavy atom. The Morgan fingerprint density at radius 3 is 3.00 bits per heavy atom. The Morgan fingerprint density at radius 2 is 2.25 bits per heavy atom. The molecule has 0 atom stereocenters. The Bertz CT molecular complexity index is 491. The summed E-state index contributed by atoms with van der Waals surface area (Å²) in [4.78, 5) is 4.22. The number of halogens is 1. The number of nitrogens with one attached hydrogen (secondary N) is 1. The van der Waals surface area contributed by atoms with E-state index in [2.05, 4.69) is 16.9 Å². The van der Waals surface area contributed by atoms with E-state index in [1.807, 2.05) is 35.0 Å². The number of rotatable bonds is 4. The summed E-state index contributed by atoms with van der Waals surface area (Å²) in [5, 5.41) is 3.84. The van der Waals surface area contributed by atoms with Gasteiger partial charge in [-0.3, -0.25) is 4.57 Å². The minimum absolute atomic E-state index is 0.668. The average molecular weight is 234 g/mol. The predicted octanol–water partition coefficient (Wildman–Crippen LogP) is 3.12. The lowest BCUT2D eigenvalue weighted by atomic mass is 10.3. The van der Waals surface area contributed by atoms with Crippen molar-refractivity contribution in [3.63, 3.8) is 0 Å². The fourth-order valence-corrected chi connectivity index (χ4v) is 1.67. The van der Waals surface area contributed by atoms with E-state index in [0.29, 0.717) is 11.6 Å². The van der Waals surface area contributed by atoms with Gasteiger partial charge in [0.25, 0.3) is 0 Å². The van der Waals surface area contributed by atoms with Gasteiger partial charge >= 0.3 is 0 Å². The first-order valence-electron chi connectivity index (χ1n) is 4.96. The van der Waals surface area contributed by atoms with Crippen molar-refractivity contribution >= 4 is 17.5 Å². The molecule has 1 aromatic heterocycles. The molecule has 0 saturated heterocycles. The van der Waals surface area contributed by atoms with Gasteiger partial charge in [0.2, 0.25) is 5.95 Å². The molecular formula is C12H12ClN3. The van der Waals surface area contributed by atoms with Crippen molar-refractivity contribution in [2.75, 3.05) is 11.9 Å². The van der Waals surface area contributed by atoms with E-state index in [9.17, 15) is 0 Å². The first-order valence-corrected chi connectivity index (χ1v) is 5.33. The van der Waals surface area contributed by atoms with Crippen LogP contribution in [0.3, 0.4) is 0 Å². The summed E-state index contributed by atoms with van der Waals surface area (Å²) in [7, 11) is 0. The molecule has 3 nitrogen and oxygen atoms in total. The zero-order valence-corrected chi connectivity index (χ0v) is 9.48. The Kier molecular flexibility index (Phi) is 3.27. The third kappa shape index (κ3) is 2.09. The number of para-hydroxylation sites is 1. The highest BCUT2D eigenvalue weighted by molar-refractivity contribution is 6.32. The van der Waals surface area contributed by atoms with E-state index >= 15 is 0 Å². The predicted molar refractivity (Wildman–Crippen MR) is 67.3 cm³/mol. The van der Waals surface area contributed by atoms with Crippen LogP contribution >= 0.6 is 11.6 Å². The van der Waals surface area contributed by atoms with Crippen LogP contribution in [0, 0.1) is 0 Å². The van der Waals surface area contributed by atoms with Crippen molar-refractivity contribution in [2.24, 2.45) is 0 Å². The number of hydrogen-bond acceptors (Lipinski definition) is 2. The molecule has 1 N–H and O–H groups in total. The second kappa shape index (κ2) is 4.86. The first-order chi connectivity index (χ1) is 7.83. The molecule has 4 heteroatoms. The summed E-state index contributed by atoms with van der Waals surface area (Å²) in [6.07, 6.45) is 5.38. The molecule has 0 aliphatic heterocycles. The minimum atomic E-state index is 0.668. The number of aromatic nitrogens is 2. The molecule has 16 heavy (non-hydrogen) atoms. The number of benzene rings is 1. The molecule has 0 radical (unpaired) electrons. The maximum atomic E-state index is 6.13. The molecule has 0 fully saturated rings. The first kappa shape index (κ1) is 10.8. The van der Waals surface area contributed by atoms with E-state index in [-0.39, 0.29) is 0 Å². The maximum Gasteiger partial charge on any atom is 0.207 e. The standard InChI is InChI=1S/C12H12ClN3/c1-2-7-14-12-15-8-9-16(12)11-6-4-3-5-10(11)13/h2-6,8-9H,1,7H2,(H,14,15). The monoisotopic (exact) mass is 233 g/mol. The Hall–Kier alpha value is -1.74. The van der Waals surface area contributed by atoms with E-state index in [1.165, 1.54) is 0 Å². The van der Waals surface area contributed by atoms with Crippen LogP contribution < -0.4 is 5.32 Å². The lowest BCUT2D eigenvalue weighted by molar-refractivity contribution is 1.04. The second-order valence-electron chi connectivity index (χ2n) is 3.24. The van der Waals surface area contributed by atoms with Gasteiger partial charge in [-0.15, -0.1) is 6.58 Å². The van der Waals surface area contributed by atoms with Crippen molar-refractivity contribution in [1.82, 2.24) is 9.55 Å². The molecule has 0 aliphatic rings. The van der Waals surface area contributed by atoms with E-state index in [0.717, 1.165) is 11.6 Å². The van der Waals surface area contributed by atoms with Crippen LogP contribution in [0.25, 0.3) is 5.69 Å². The molecule has 0 aliphatic carbocycles. The number of nitrogens with zero attached hydrogens (tertiary/aromatic N) is 2. The number of imidazole rings is 1. The topological polar surface area (TPSA) is 29.9 Å². The summed E-state index contributed by atoms with van der Waals surface area (Å²) in [6, 6.07) is 7.65. The van der Waals surface area contributed by atoms with E-state index in [1.54, 1.807) is 12.3 Å². The molecular weight excluding hydrogens is 222 g/mol. The molecule has 2 rings (SSSR count). The third-order valence-electron chi connectivity index (χ3n) is 2.16. The summed E-state index contributed by atoms with van der Waals surface area (Å²) in [5.41, 5.74) is 0.910. The van der Waals surface area contributed by atoms with Gasteiger partial charge in [0.15, 0.2) is 0 Å². The van der Waals surface area contributed by atoms with Crippen molar-refractivity contribution in [3.05, 3.63) is 54.3 Å². The molecule has 82 valence electrons. The fraction of sp³-hybridized carbons (Fsp3) is 0.0833. The van der Waals surface area contributed by atoms with Crippen LogP contribution in [0.2, 0.25) is 5.02 Å². The zero-order valence-electron chi connectivity index (χ0n) is 8.73. The van der Waals surface area contributed by atoms with Gasteiger partial charge in [-0.2, -0.15) is 0 Å². The van der Waals surface area contributed by atoms with Gasteiger partial charge < -0.3 is 5.32 Å². The maximum absolute atomic E-state index is 6.13. The molecule has 1 aromatic carbocycles. The molecule has 0 unspecified atom stereocenters. The summed E-state index contributed by atoms with van der Waals surface area (Å²) in [6.45, 7) is 4.32. The van der Waals surface area contributed by atoms with Crippen molar-refractivity contribution in [1.29, 1.82) is 0 Å².